The molecule has 6 heteroatoms. The number of ether oxygens (including phenoxy) is 2. The van der Waals surface area contributed by atoms with Gasteiger partial charge in [-0.3, -0.25) is 9.59 Å². The van der Waals surface area contributed by atoms with Crippen molar-refractivity contribution in [1.29, 1.82) is 0 Å². The molecular weight excluding hydrogens is 226 g/mol. The zero-order chi connectivity index (χ0) is 12.0. The molecule has 0 aliphatic carbocycles. The van der Waals surface area contributed by atoms with Crippen LogP contribution in [0, 0.1) is 5.92 Å². The second kappa shape index (κ2) is 3.38. The number of anilines is 1. The third kappa shape index (κ3) is 1.41. The van der Waals surface area contributed by atoms with Gasteiger partial charge in [0.05, 0.1) is 0 Å². The highest BCUT2D eigenvalue weighted by Gasteiger charge is 2.43. The van der Waals surface area contributed by atoms with E-state index in [-0.39, 0.29) is 13.3 Å². The summed E-state index contributed by atoms with van der Waals surface area (Å²) in [6.45, 7) is 0.373. The Balaban J connectivity index is 1.83. The number of amides is 1. The molecule has 1 aromatic rings. The summed E-state index contributed by atoms with van der Waals surface area (Å²) in [5.74, 6) is -1.17. The van der Waals surface area contributed by atoms with Gasteiger partial charge in [-0.15, -0.1) is 0 Å². The van der Waals surface area contributed by atoms with Crippen LogP contribution < -0.4 is 14.4 Å². The number of aliphatic carboxylic acids is 1. The van der Waals surface area contributed by atoms with Gasteiger partial charge in [-0.1, -0.05) is 0 Å². The fraction of sp³-hybridized carbons (Fsp3) is 0.273. The summed E-state index contributed by atoms with van der Waals surface area (Å²) in [5.41, 5.74) is 0.636. The highest BCUT2D eigenvalue weighted by molar-refractivity contribution is 6.12. The Labute approximate surface area is 96.3 Å². The zero-order valence-electron chi connectivity index (χ0n) is 8.75. The summed E-state index contributed by atoms with van der Waals surface area (Å²) in [4.78, 5) is 23.7. The molecule has 0 bridgehead atoms. The SMILES string of the molecule is O=C(O)C1CN(c2ccc3c(c2)OCO3)C1=O. The second-order valence-electron chi connectivity index (χ2n) is 3.88. The molecule has 6 nitrogen and oxygen atoms in total. The average molecular weight is 235 g/mol. The first-order valence-corrected chi connectivity index (χ1v) is 5.10. The van der Waals surface area contributed by atoms with E-state index in [2.05, 4.69) is 0 Å². The highest BCUT2D eigenvalue weighted by Crippen LogP contribution is 2.37. The number of hydrogen-bond donors (Lipinski definition) is 1. The molecule has 1 amide bonds. The number of carboxylic acids is 1. The quantitative estimate of drug-likeness (QED) is 0.595. The van der Waals surface area contributed by atoms with Crippen molar-refractivity contribution in [2.24, 2.45) is 5.92 Å². The first-order valence-electron chi connectivity index (χ1n) is 5.10. The molecule has 0 spiro atoms. The maximum absolute atomic E-state index is 11.6. The number of benzene rings is 1. The molecule has 0 radical (unpaired) electrons. The monoisotopic (exact) mass is 235 g/mol. The molecule has 2 aliphatic rings. The summed E-state index contributed by atoms with van der Waals surface area (Å²) in [5, 5.41) is 8.73. The first kappa shape index (κ1) is 9.95. The van der Waals surface area contributed by atoms with Gasteiger partial charge in [0.1, 0.15) is 0 Å². The lowest BCUT2D eigenvalue weighted by Crippen LogP contribution is -2.56. The van der Waals surface area contributed by atoms with Gasteiger partial charge < -0.3 is 19.5 Å². The Hall–Kier alpha value is -2.24. The predicted octanol–water partition coefficient (Wildman–Crippen LogP) is 0.463. The summed E-state index contributed by atoms with van der Waals surface area (Å²) < 4.78 is 10.3. The van der Waals surface area contributed by atoms with Crippen LogP contribution in [-0.4, -0.2) is 30.3 Å². The molecule has 2 aliphatic heterocycles. The summed E-state index contributed by atoms with van der Waals surface area (Å²) in [6, 6.07) is 5.10. The van der Waals surface area contributed by atoms with Crippen molar-refractivity contribution in [3.63, 3.8) is 0 Å². The minimum atomic E-state index is -1.08. The van der Waals surface area contributed by atoms with E-state index >= 15 is 0 Å². The van der Waals surface area contributed by atoms with Gasteiger partial charge in [-0.2, -0.15) is 0 Å². The lowest BCUT2D eigenvalue weighted by Gasteiger charge is -2.35. The molecule has 1 unspecified atom stereocenters. The van der Waals surface area contributed by atoms with Crippen molar-refractivity contribution in [2.75, 3.05) is 18.2 Å². The van der Waals surface area contributed by atoms with E-state index in [1.54, 1.807) is 18.2 Å². The molecule has 17 heavy (non-hydrogen) atoms. The summed E-state index contributed by atoms with van der Waals surface area (Å²) in [7, 11) is 0. The van der Waals surface area contributed by atoms with E-state index in [1.807, 2.05) is 0 Å². The molecule has 0 aromatic heterocycles. The molecule has 1 aromatic carbocycles. The van der Waals surface area contributed by atoms with Gasteiger partial charge >= 0.3 is 5.97 Å². The van der Waals surface area contributed by atoms with Crippen molar-refractivity contribution in [3.05, 3.63) is 18.2 Å². The molecule has 88 valence electrons. The van der Waals surface area contributed by atoms with Crippen molar-refractivity contribution in [3.8, 4) is 11.5 Å². The van der Waals surface area contributed by atoms with Crippen LogP contribution in [-0.2, 0) is 9.59 Å². The molecule has 2 heterocycles. The lowest BCUT2D eigenvalue weighted by atomic mass is 9.98. The van der Waals surface area contributed by atoms with Crippen LogP contribution in [0.5, 0.6) is 11.5 Å². The Morgan fingerprint density at radius 1 is 1.35 bits per heavy atom. The van der Waals surface area contributed by atoms with E-state index in [4.69, 9.17) is 14.6 Å². The van der Waals surface area contributed by atoms with Crippen LogP contribution >= 0.6 is 0 Å². The Bertz CT molecular complexity index is 513. The molecule has 3 rings (SSSR count). The van der Waals surface area contributed by atoms with Crippen LogP contribution in [0.1, 0.15) is 0 Å². The largest absolute Gasteiger partial charge is 0.481 e. The fourth-order valence-corrected chi connectivity index (χ4v) is 1.90. The zero-order valence-corrected chi connectivity index (χ0v) is 8.75. The van der Waals surface area contributed by atoms with Crippen molar-refractivity contribution in [2.45, 2.75) is 0 Å². The van der Waals surface area contributed by atoms with Gasteiger partial charge in [0.2, 0.25) is 12.7 Å². The number of β-lactam (4-membered cyclic amide) rings is 1. The predicted molar refractivity (Wildman–Crippen MR) is 56.0 cm³/mol. The summed E-state index contributed by atoms with van der Waals surface area (Å²) in [6.07, 6.45) is 0. The van der Waals surface area contributed by atoms with E-state index in [0.29, 0.717) is 17.2 Å². The van der Waals surface area contributed by atoms with Gasteiger partial charge in [0.25, 0.3) is 0 Å². The fourth-order valence-electron chi connectivity index (χ4n) is 1.90. The van der Waals surface area contributed by atoms with Crippen molar-refractivity contribution >= 4 is 17.6 Å². The Morgan fingerprint density at radius 3 is 2.82 bits per heavy atom. The number of nitrogens with zero attached hydrogens (tertiary/aromatic N) is 1. The third-order valence-corrected chi connectivity index (χ3v) is 2.90. The number of rotatable bonds is 2. The number of fused-ring (bicyclic) bond motifs is 1. The maximum Gasteiger partial charge on any atom is 0.317 e. The lowest BCUT2D eigenvalue weighted by molar-refractivity contribution is -0.149. The van der Waals surface area contributed by atoms with Crippen LogP contribution in [0.3, 0.4) is 0 Å². The van der Waals surface area contributed by atoms with E-state index < -0.39 is 17.8 Å². The molecule has 1 fully saturated rings. The second-order valence-corrected chi connectivity index (χ2v) is 3.88. The molecule has 1 saturated heterocycles. The molecule has 1 N–H and O–H groups in total. The Morgan fingerprint density at radius 2 is 2.12 bits per heavy atom. The van der Waals surface area contributed by atoms with Gasteiger partial charge in [0, 0.05) is 18.3 Å². The highest BCUT2D eigenvalue weighted by atomic mass is 16.7. The standard InChI is InChI=1S/C11H9NO5/c13-10-7(11(14)15)4-12(10)6-1-2-8-9(3-6)17-5-16-8/h1-3,7H,4-5H2,(H,14,15). The number of carboxylic acid groups (broad SMARTS) is 1. The van der Waals surface area contributed by atoms with Crippen molar-refractivity contribution in [1.82, 2.24) is 0 Å². The molecule has 0 saturated carbocycles. The molecule has 1 atom stereocenters. The molecular formula is C11H9NO5. The summed E-state index contributed by atoms with van der Waals surface area (Å²) >= 11 is 0. The third-order valence-electron chi connectivity index (χ3n) is 2.90. The van der Waals surface area contributed by atoms with E-state index in [9.17, 15) is 9.59 Å². The van der Waals surface area contributed by atoms with E-state index in [1.165, 1.54) is 4.90 Å². The van der Waals surface area contributed by atoms with Crippen LogP contribution in [0.4, 0.5) is 5.69 Å². The van der Waals surface area contributed by atoms with Crippen LogP contribution in [0.25, 0.3) is 0 Å². The minimum Gasteiger partial charge on any atom is -0.481 e. The van der Waals surface area contributed by atoms with Gasteiger partial charge in [-0.25, -0.2) is 0 Å². The normalized spacial score (nSPS) is 21.3. The first-order chi connectivity index (χ1) is 8.16. The van der Waals surface area contributed by atoms with Gasteiger partial charge in [-0.05, 0) is 12.1 Å². The van der Waals surface area contributed by atoms with Crippen LogP contribution in [0.2, 0.25) is 0 Å². The number of carbonyl (C=O) groups is 2. The van der Waals surface area contributed by atoms with Crippen molar-refractivity contribution < 1.29 is 24.2 Å². The average Bonchev–Trinajstić information content (AvgIpc) is 2.73. The minimum absolute atomic E-state index is 0.171. The number of carbonyl (C=O) groups excluding carboxylic acids is 1. The topological polar surface area (TPSA) is 76.1 Å². The smallest absolute Gasteiger partial charge is 0.317 e. The number of hydrogen-bond acceptors (Lipinski definition) is 4. The van der Waals surface area contributed by atoms with Gasteiger partial charge in [0.15, 0.2) is 17.4 Å². The maximum atomic E-state index is 11.6. The van der Waals surface area contributed by atoms with Crippen LogP contribution in [0.15, 0.2) is 18.2 Å². The Kier molecular flexibility index (Phi) is 1.98. The van der Waals surface area contributed by atoms with E-state index in [0.717, 1.165) is 0 Å².